The normalized spacial score (nSPS) is 21.7. The molecule has 0 aliphatic carbocycles. The van der Waals surface area contributed by atoms with Crippen LogP contribution in [0.25, 0.3) is 0 Å². The fourth-order valence-corrected chi connectivity index (χ4v) is 14.8. The zero-order valence-corrected chi connectivity index (χ0v) is 67.3. The molecule has 104 heavy (non-hydrogen) atoms. The van der Waals surface area contributed by atoms with Gasteiger partial charge in [-0.1, -0.05) is 408 Å². The van der Waals surface area contributed by atoms with Crippen molar-refractivity contribution < 1.29 is 64.6 Å². The molecule has 14 nitrogen and oxygen atoms in total. The van der Waals surface area contributed by atoms with E-state index in [1.807, 2.05) is 0 Å². The Hall–Kier alpha value is -2.31. The molecular formula is C90H167NO13. The molecule has 0 radical (unpaired) electrons. The molecule has 610 valence electrons. The number of hydrogen-bond acceptors (Lipinski definition) is 13. The van der Waals surface area contributed by atoms with E-state index in [4.69, 9.17) is 18.9 Å². The third-order valence-electron chi connectivity index (χ3n) is 21.7. The molecule has 2 aliphatic rings. The molecule has 0 bridgehead atoms. The molecule has 12 atom stereocenters. The summed E-state index contributed by atoms with van der Waals surface area (Å²) in [6.07, 6.45) is 84.3. The summed E-state index contributed by atoms with van der Waals surface area (Å²) in [6.45, 7) is 2.82. The fourth-order valence-electron chi connectivity index (χ4n) is 14.8. The molecule has 2 rings (SSSR count). The van der Waals surface area contributed by atoms with Crippen molar-refractivity contribution in [2.45, 2.75) is 485 Å². The summed E-state index contributed by atoms with van der Waals surface area (Å²) in [5.41, 5.74) is 0. The van der Waals surface area contributed by atoms with Crippen molar-refractivity contribution in [1.82, 2.24) is 5.32 Å². The summed E-state index contributed by atoms with van der Waals surface area (Å²) in [4.78, 5) is 13.4. The Morgan fingerprint density at radius 1 is 0.356 bits per heavy atom. The van der Waals surface area contributed by atoms with Gasteiger partial charge in [-0.3, -0.25) is 4.79 Å². The summed E-state index contributed by atoms with van der Waals surface area (Å²) < 4.78 is 23.0. The number of nitrogens with one attached hydrogen (secondary N) is 1. The van der Waals surface area contributed by atoms with Crippen molar-refractivity contribution in [2.75, 3.05) is 19.8 Å². The molecule has 2 heterocycles. The predicted molar refractivity (Wildman–Crippen MR) is 434 cm³/mol. The molecule has 1 amide bonds. The lowest BCUT2D eigenvalue weighted by molar-refractivity contribution is -0.359. The van der Waals surface area contributed by atoms with Gasteiger partial charge in [0.15, 0.2) is 12.6 Å². The highest BCUT2D eigenvalue weighted by atomic mass is 16.7. The van der Waals surface area contributed by atoms with Gasteiger partial charge in [-0.2, -0.15) is 0 Å². The Bertz CT molecular complexity index is 1980. The van der Waals surface area contributed by atoms with Crippen molar-refractivity contribution in [3.63, 3.8) is 0 Å². The highest BCUT2D eigenvalue weighted by molar-refractivity contribution is 5.76. The SMILES string of the molecule is CC/C=C\C/C=C\C/C=C\C/C=C\C/C=C\CCCCCCCCCCCCCCCCCCCCCCCCCC(=O)NC(COC1OC(CO)C(OC2OC(CO)C(O)C(O)C2O)C(O)C1O)C(O)CCCCCCCCCCCCCCCCCCCCCCCCCCCCCCCCC. The maximum Gasteiger partial charge on any atom is 0.220 e. The van der Waals surface area contributed by atoms with E-state index in [1.54, 1.807) is 0 Å². The molecule has 2 aliphatic heterocycles. The smallest absolute Gasteiger partial charge is 0.220 e. The molecule has 0 aromatic rings. The Kier molecular flexibility index (Phi) is 69.1. The second-order valence-electron chi connectivity index (χ2n) is 31.4. The van der Waals surface area contributed by atoms with Gasteiger partial charge in [0.25, 0.3) is 0 Å². The Balaban J connectivity index is 1.55. The van der Waals surface area contributed by atoms with Crippen LogP contribution >= 0.6 is 0 Å². The number of aliphatic hydroxyl groups excluding tert-OH is 8. The average Bonchev–Trinajstić information content (AvgIpc) is 0.791. The predicted octanol–water partition coefficient (Wildman–Crippen LogP) is 21.5. The van der Waals surface area contributed by atoms with Crippen LogP contribution in [0.5, 0.6) is 0 Å². The number of amides is 1. The molecule has 0 aromatic carbocycles. The topological polar surface area (TPSA) is 228 Å². The van der Waals surface area contributed by atoms with Crippen molar-refractivity contribution in [1.29, 1.82) is 0 Å². The highest BCUT2D eigenvalue weighted by Crippen LogP contribution is 2.31. The van der Waals surface area contributed by atoms with E-state index in [0.717, 1.165) is 83.5 Å². The molecular weight excluding hydrogens is 1300 g/mol. The Labute approximate surface area is 638 Å². The maximum atomic E-state index is 13.4. The first-order valence-corrected chi connectivity index (χ1v) is 44.5. The number of carbonyl (C=O) groups excluding carboxylic acids is 1. The van der Waals surface area contributed by atoms with Crippen LogP contribution in [0.4, 0.5) is 0 Å². The van der Waals surface area contributed by atoms with E-state index >= 15 is 0 Å². The average molecular weight is 1470 g/mol. The van der Waals surface area contributed by atoms with Crippen molar-refractivity contribution in [3.05, 3.63) is 60.8 Å². The van der Waals surface area contributed by atoms with Gasteiger partial charge in [-0.05, 0) is 57.8 Å². The van der Waals surface area contributed by atoms with Gasteiger partial charge in [0.1, 0.15) is 48.8 Å². The number of ether oxygens (including phenoxy) is 4. The van der Waals surface area contributed by atoms with Crippen LogP contribution in [0, 0.1) is 0 Å². The van der Waals surface area contributed by atoms with Gasteiger partial charge in [-0.25, -0.2) is 0 Å². The van der Waals surface area contributed by atoms with E-state index in [-0.39, 0.29) is 12.5 Å². The summed E-state index contributed by atoms with van der Waals surface area (Å²) in [7, 11) is 0. The molecule has 14 heteroatoms. The van der Waals surface area contributed by atoms with Gasteiger partial charge in [-0.15, -0.1) is 0 Å². The summed E-state index contributed by atoms with van der Waals surface area (Å²) >= 11 is 0. The van der Waals surface area contributed by atoms with Crippen LogP contribution in [0.15, 0.2) is 60.8 Å². The largest absolute Gasteiger partial charge is 0.394 e. The molecule has 12 unspecified atom stereocenters. The second kappa shape index (κ2) is 73.5. The fraction of sp³-hybridized carbons (Fsp3) is 0.878. The summed E-state index contributed by atoms with van der Waals surface area (Å²) in [5, 5.41) is 88.1. The third kappa shape index (κ3) is 55.1. The minimum absolute atomic E-state index is 0.198. The van der Waals surface area contributed by atoms with Crippen LogP contribution in [0.2, 0.25) is 0 Å². The standard InChI is InChI=1S/C90H167NO13/c1-3-5-7-9-11-13-15-17-19-21-23-25-27-29-31-33-35-36-37-38-39-40-41-42-44-46-48-50-52-54-56-58-60-62-64-66-68-70-72-74-82(95)91-78(77-101-89-87(100)85(98)88(81(76-93)103-89)104-90-86(99)84(97)83(96)80(75-92)102-90)79(94)73-71-69-67-65-63-61-59-57-55-53-51-49-47-45-43-34-32-30-28-26-24-22-20-18-16-14-12-10-8-6-4-2/h5,7,11,13,17,19,23,25,29,31,78-81,83-90,92-94,96-100H,3-4,6,8-10,12,14-16,18,20-22,24,26-28,30,32-77H2,1-2H3,(H,91,95)/b7-5-,13-11-,19-17-,25-23-,31-29-. The summed E-state index contributed by atoms with van der Waals surface area (Å²) in [5.74, 6) is -0.198. The lowest BCUT2D eigenvalue weighted by Crippen LogP contribution is -2.65. The number of aliphatic hydroxyl groups is 8. The first kappa shape index (κ1) is 97.8. The zero-order chi connectivity index (χ0) is 75.1. The van der Waals surface area contributed by atoms with Gasteiger partial charge >= 0.3 is 0 Å². The molecule has 2 saturated heterocycles. The van der Waals surface area contributed by atoms with E-state index in [2.05, 4.69) is 79.9 Å². The Morgan fingerprint density at radius 2 is 0.663 bits per heavy atom. The molecule has 0 spiro atoms. The van der Waals surface area contributed by atoms with E-state index in [1.165, 1.54) is 302 Å². The lowest BCUT2D eigenvalue weighted by Gasteiger charge is -2.46. The van der Waals surface area contributed by atoms with Crippen LogP contribution in [0.3, 0.4) is 0 Å². The van der Waals surface area contributed by atoms with Crippen LogP contribution in [-0.2, 0) is 23.7 Å². The van der Waals surface area contributed by atoms with Gasteiger partial charge < -0.3 is 65.1 Å². The second-order valence-corrected chi connectivity index (χ2v) is 31.4. The highest BCUT2D eigenvalue weighted by Gasteiger charge is 2.51. The van der Waals surface area contributed by atoms with Crippen molar-refractivity contribution >= 4 is 5.91 Å². The van der Waals surface area contributed by atoms with Crippen LogP contribution in [0.1, 0.15) is 412 Å². The lowest BCUT2D eigenvalue weighted by atomic mass is 9.97. The van der Waals surface area contributed by atoms with Gasteiger partial charge in [0.05, 0.1) is 32.0 Å². The molecule has 0 saturated carbocycles. The minimum Gasteiger partial charge on any atom is -0.394 e. The summed E-state index contributed by atoms with van der Waals surface area (Å²) in [6, 6.07) is -0.831. The van der Waals surface area contributed by atoms with E-state index in [9.17, 15) is 45.6 Å². The Morgan fingerprint density at radius 3 is 1.02 bits per heavy atom. The van der Waals surface area contributed by atoms with Crippen molar-refractivity contribution in [2.24, 2.45) is 0 Å². The minimum atomic E-state index is -1.78. The number of carbonyl (C=O) groups is 1. The number of rotatable bonds is 76. The molecule has 9 N–H and O–H groups in total. The zero-order valence-electron chi connectivity index (χ0n) is 67.3. The monoisotopic (exact) mass is 1470 g/mol. The van der Waals surface area contributed by atoms with Gasteiger partial charge in [0, 0.05) is 6.42 Å². The number of hydrogen-bond donors (Lipinski definition) is 9. The first-order chi connectivity index (χ1) is 51.1. The van der Waals surface area contributed by atoms with E-state index in [0.29, 0.717) is 12.8 Å². The molecule has 0 aromatic heterocycles. The third-order valence-corrected chi connectivity index (χ3v) is 21.7. The number of unbranched alkanes of at least 4 members (excludes halogenated alkanes) is 53. The van der Waals surface area contributed by atoms with Gasteiger partial charge in [0.2, 0.25) is 5.91 Å². The molecule has 2 fully saturated rings. The maximum absolute atomic E-state index is 13.4. The quantitative estimate of drug-likeness (QED) is 0.0204. The van der Waals surface area contributed by atoms with E-state index < -0.39 is 86.8 Å². The van der Waals surface area contributed by atoms with Crippen LogP contribution in [-0.4, -0.2) is 140 Å². The van der Waals surface area contributed by atoms with Crippen molar-refractivity contribution in [3.8, 4) is 0 Å². The first-order valence-electron chi connectivity index (χ1n) is 44.5. The van der Waals surface area contributed by atoms with Crippen LogP contribution < -0.4 is 5.32 Å². The number of allylic oxidation sites excluding steroid dienone is 10.